The van der Waals surface area contributed by atoms with E-state index in [0.29, 0.717) is 18.7 Å². The van der Waals surface area contributed by atoms with Crippen molar-refractivity contribution < 1.29 is 24.2 Å². The molecule has 1 fully saturated rings. The highest BCUT2D eigenvalue weighted by Gasteiger charge is 2.32. The number of carboxylic acids is 1. The van der Waals surface area contributed by atoms with Gasteiger partial charge in [-0.15, -0.1) is 0 Å². The molecule has 1 amide bonds. The van der Waals surface area contributed by atoms with Gasteiger partial charge in [0.05, 0.1) is 0 Å². The number of carbonyl (C=O) groups is 2. The van der Waals surface area contributed by atoms with Gasteiger partial charge in [0.2, 0.25) is 5.91 Å². The van der Waals surface area contributed by atoms with Gasteiger partial charge in [0.1, 0.15) is 11.8 Å². The molecule has 1 aliphatic rings. The van der Waals surface area contributed by atoms with Crippen molar-refractivity contribution in [3.05, 3.63) is 35.9 Å². The van der Waals surface area contributed by atoms with Crippen LogP contribution in [-0.4, -0.2) is 48.4 Å². The maximum absolute atomic E-state index is 12.1. The molecule has 1 aromatic rings. The minimum Gasteiger partial charge on any atom is -0.480 e. The summed E-state index contributed by atoms with van der Waals surface area (Å²) >= 11 is 0. The molecule has 1 unspecified atom stereocenters. The van der Waals surface area contributed by atoms with Crippen LogP contribution in [0.15, 0.2) is 30.3 Å². The van der Waals surface area contributed by atoms with E-state index in [1.165, 1.54) is 11.0 Å². The lowest BCUT2D eigenvalue weighted by molar-refractivity contribution is -0.146. The minimum absolute atomic E-state index is 0.180. The number of amides is 1. The highest BCUT2D eigenvalue weighted by atomic mass is 16.7. The Bertz CT molecular complexity index is 552. The molecular weight excluding hydrogens is 286 g/mol. The fraction of sp³-hybridized carbons (Fsp3) is 0.375. The minimum atomic E-state index is -0.945. The quantitative estimate of drug-likeness (QED) is 0.640. The number of benzene rings is 1. The normalized spacial score (nSPS) is 17.9. The van der Waals surface area contributed by atoms with E-state index < -0.39 is 12.0 Å². The number of likely N-dealkylation sites (tertiary alicyclic amines) is 1. The van der Waals surface area contributed by atoms with Gasteiger partial charge >= 0.3 is 5.97 Å². The predicted molar refractivity (Wildman–Crippen MR) is 80.4 cm³/mol. The molecule has 1 aliphatic heterocycles. The summed E-state index contributed by atoms with van der Waals surface area (Å²) in [7, 11) is 1.55. The summed E-state index contributed by atoms with van der Waals surface area (Å²) in [5.74, 6) is -0.542. The van der Waals surface area contributed by atoms with Crippen LogP contribution >= 0.6 is 0 Å². The molecule has 1 N–H and O–H groups in total. The van der Waals surface area contributed by atoms with E-state index in [-0.39, 0.29) is 12.7 Å². The maximum atomic E-state index is 12.1. The Kier molecular flexibility index (Phi) is 5.55. The van der Waals surface area contributed by atoms with Crippen molar-refractivity contribution in [1.29, 1.82) is 0 Å². The Morgan fingerprint density at radius 3 is 2.73 bits per heavy atom. The zero-order valence-corrected chi connectivity index (χ0v) is 12.4. The fourth-order valence-electron chi connectivity index (χ4n) is 2.35. The van der Waals surface area contributed by atoms with Crippen molar-refractivity contribution >= 4 is 18.0 Å². The van der Waals surface area contributed by atoms with Crippen molar-refractivity contribution in [3.63, 3.8) is 0 Å². The van der Waals surface area contributed by atoms with E-state index in [1.807, 2.05) is 12.1 Å². The van der Waals surface area contributed by atoms with E-state index in [0.717, 1.165) is 12.0 Å². The molecule has 0 aromatic heterocycles. The van der Waals surface area contributed by atoms with Crippen LogP contribution in [0.3, 0.4) is 0 Å². The lowest BCUT2D eigenvalue weighted by Crippen LogP contribution is -2.39. The SMILES string of the molecule is COCOc1ccc(/C=C/C(=O)N2CCCC2C(=O)O)cc1. The second-order valence-corrected chi connectivity index (χ2v) is 4.98. The second-order valence-electron chi connectivity index (χ2n) is 4.98. The molecule has 118 valence electrons. The summed E-state index contributed by atoms with van der Waals surface area (Å²) in [5.41, 5.74) is 0.837. The summed E-state index contributed by atoms with van der Waals surface area (Å²) in [6, 6.07) is 6.47. The first-order valence-corrected chi connectivity index (χ1v) is 7.05. The number of aliphatic carboxylic acids is 1. The van der Waals surface area contributed by atoms with Crippen LogP contribution in [0.2, 0.25) is 0 Å². The van der Waals surface area contributed by atoms with Crippen LogP contribution in [-0.2, 0) is 14.3 Å². The van der Waals surface area contributed by atoms with Gasteiger partial charge in [-0.1, -0.05) is 12.1 Å². The lowest BCUT2D eigenvalue weighted by atomic mass is 10.2. The van der Waals surface area contributed by atoms with Gasteiger partial charge in [-0.25, -0.2) is 4.79 Å². The van der Waals surface area contributed by atoms with Crippen LogP contribution in [0.5, 0.6) is 5.75 Å². The monoisotopic (exact) mass is 305 g/mol. The lowest BCUT2D eigenvalue weighted by Gasteiger charge is -2.19. The van der Waals surface area contributed by atoms with Gasteiger partial charge in [0, 0.05) is 19.7 Å². The van der Waals surface area contributed by atoms with E-state index in [4.69, 9.17) is 14.6 Å². The van der Waals surface area contributed by atoms with Crippen LogP contribution in [0.1, 0.15) is 18.4 Å². The molecule has 0 saturated carbocycles. The number of carbonyl (C=O) groups excluding carboxylic acids is 1. The number of nitrogens with zero attached hydrogens (tertiary/aromatic N) is 1. The Balaban J connectivity index is 1.96. The molecule has 0 aliphatic carbocycles. The zero-order valence-electron chi connectivity index (χ0n) is 12.4. The third-order valence-corrected chi connectivity index (χ3v) is 3.46. The average molecular weight is 305 g/mol. The summed E-state index contributed by atoms with van der Waals surface area (Å²) in [4.78, 5) is 24.5. The summed E-state index contributed by atoms with van der Waals surface area (Å²) in [6.07, 6.45) is 4.31. The number of carboxylic acid groups (broad SMARTS) is 1. The standard InChI is InChI=1S/C16H19NO5/c1-21-11-22-13-7-4-12(5-8-13)6-9-15(18)17-10-2-3-14(17)16(19)20/h4-9,14H,2-3,10-11H2,1H3,(H,19,20)/b9-6+. The number of rotatable bonds is 6. The number of methoxy groups -OCH3 is 1. The maximum Gasteiger partial charge on any atom is 0.326 e. The third-order valence-electron chi connectivity index (χ3n) is 3.46. The van der Waals surface area contributed by atoms with Crippen LogP contribution in [0.4, 0.5) is 0 Å². The van der Waals surface area contributed by atoms with Crippen molar-refractivity contribution in [2.75, 3.05) is 20.4 Å². The molecular formula is C16H19NO5. The van der Waals surface area contributed by atoms with E-state index in [9.17, 15) is 9.59 Å². The Morgan fingerprint density at radius 2 is 2.09 bits per heavy atom. The Morgan fingerprint density at radius 1 is 1.36 bits per heavy atom. The highest BCUT2D eigenvalue weighted by molar-refractivity contribution is 5.94. The Hall–Kier alpha value is -2.34. The number of hydrogen-bond donors (Lipinski definition) is 1. The second kappa shape index (κ2) is 7.61. The van der Waals surface area contributed by atoms with Crippen molar-refractivity contribution in [1.82, 2.24) is 4.90 Å². The molecule has 22 heavy (non-hydrogen) atoms. The first-order valence-electron chi connectivity index (χ1n) is 7.05. The van der Waals surface area contributed by atoms with Gasteiger partial charge in [-0.05, 0) is 36.6 Å². The van der Waals surface area contributed by atoms with E-state index in [1.54, 1.807) is 25.3 Å². The first kappa shape index (κ1) is 16.0. The van der Waals surface area contributed by atoms with Crippen molar-refractivity contribution in [3.8, 4) is 5.75 Å². The van der Waals surface area contributed by atoms with Gasteiger partial charge in [-0.2, -0.15) is 0 Å². The first-order chi connectivity index (χ1) is 10.6. The van der Waals surface area contributed by atoms with Crippen LogP contribution < -0.4 is 4.74 Å². The molecule has 2 rings (SSSR count). The predicted octanol–water partition coefficient (Wildman–Crippen LogP) is 1.76. The average Bonchev–Trinajstić information content (AvgIpc) is 3.01. The molecule has 0 radical (unpaired) electrons. The highest BCUT2D eigenvalue weighted by Crippen LogP contribution is 2.18. The third kappa shape index (κ3) is 4.08. The molecule has 1 heterocycles. The molecule has 1 saturated heterocycles. The molecule has 6 heteroatoms. The van der Waals surface area contributed by atoms with Crippen LogP contribution in [0, 0.1) is 0 Å². The zero-order chi connectivity index (χ0) is 15.9. The van der Waals surface area contributed by atoms with Gasteiger partial charge in [0.15, 0.2) is 6.79 Å². The topological polar surface area (TPSA) is 76.1 Å². The van der Waals surface area contributed by atoms with E-state index >= 15 is 0 Å². The van der Waals surface area contributed by atoms with Gasteiger partial charge < -0.3 is 19.5 Å². The molecule has 1 atom stereocenters. The summed E-state index contributed by atoms with van der Waals surface area (Å²) < 4.78 is 10.1. The molecule has 0 spiro atoms. The fourth-order valence-corrected chi connectivity index (χ4v) is 2.35. The van der Waals surface area contributed by atoms with Crippen molar-refractivity contribution in [2.45, 2.75) is 18.9 Å². The Labute approximate surface area is 128 Å². The molecule has 6 nitrogen and oxygen atoms in total. The summed E-state index contributed by atoms with van der Waals surface area (Å²) in [6.45, 7) is 0.670. The molecule has 0 bridgehead atoms. The molecule has 1 aromatic carbocycles. The largest absolute Gasteiger partial charge is 0.480 e. The number of ether oxygens (including phenoxy) is 2. The van der Waals surface area contributed by atoms with Gasteiger partial charge in [-0.3, -0.25) is 4.79 Å². The van der Waals surface area contributed by atoms with E-state index in [2.05, 4.69) is 0 Å². The van der Waals surface area contributed by atoms with Crippen LogP contribution in [0.25, 0.3) is 6.08 Å². The summed E-state index contributed by atoms with van der Waals surface area (Å²) in [5, 5.41) is 9.08. The van der Waals surface area contributed by atoms with Gasteiger partial charge in [0.25, 0.3) is 0 Å². The van der Waals surface area contributed by atoms with Crippen molar-refractivity contribution in [2.24, 2.45) is 0 Å². The number of hydrogen-bond acceptors (Lipinski definition) is 4. The smallest absolute Gasteiger partial charge is 0.326 e.